The summed E-state index contributed by atoms with van der Waals surface area (Å²) < 4.78 is 56.1. The minimum absolute atomic E-state index is 0.000625. The number of nitrogens with zero attached hydrogens (tertiary/aromatic N) is 1. The Morgan fingerprint density at radius 2 is 2.21 bits per heavy atom. The zero-order chi connectivity index (χ0) is 19.9. The number of fused-ring (bicyclic) bond motifs is 1. The van der Waals surface area contributed by atoms with Crippen LogP contribution < -0.4 is 11.1 Å². The summed E-state index contributed by atoms with van der Waals surface area (Å²) in [7, 11) is 0. The monoisotopic (exact) mass is 266 g/mol. The number of nitrogen functional groups attached to an aromatic ring is 1. The number of hydrogen-bond acceptors (Lipinski definition) is 4. The second-order valence-corrected chi connectivity index (χ2v) is 3.90. The molecule has 0 saturated carbocycles. The summed E-state index contributed by atoms with van der Waals surface area (Å²) >= 11 is 0. The van der Waals surface area contributed by atoms with E-state index in [0.29, 0.717) is 0 Å². The summed E-state index contributed by atoms with van der Waals surface area (Å²) in [5, 5.41) is 1.52. The smallest absolute Gasteiger partial charge is 0.255 e. The van der Waals surface area contributed by atoms with Crippen molar-refractivity contribution in [3.63, 3.8) is 0 Å². The fourth-order valence-corrected chi connectivity index (χ4v) is 1.84. The third-order valence-corrected chi connectivity index (χ3v) is 2.71. The number of nitrogens with one attached hydrogen (secondary N) is 1. The highest BCUT2D eigenvalue weighted by molar-refractivity contribution is 6.06. The highest BCUT2D eigenvalue weighted by Gasteiger charge is 2.39. The summed E-state index contributed by atoms with van der Waals surface area (Å²) in [5.74, 6) is -4.47. The van der Waals surface area contributed by atoms with Gasteiger partial charge in [0.05, 0.1) is 4.11 Å². The Balaban J connectivity index is 2.29. The minimum Gasteiger partial charge on any atom is -0.398 e. The Labute approximate surface area is 119 Å². The van der Waals surface area contributed by atoms with Crippen molar-refractivity contribution >= 4 is 23.4 Å². The molecule has 0 aliphatic carbocycles. The number of imide groups is 1. The van der Waals surface area contributed by atoms with E-state index in [0.717, 1.165) is 0 Å². The molecule has 98 valence electrons. The molecule has 0 spiro atoms. The van der Waals surface area contributed by atoms with Gasteiger partial charge in [0.25, 0.3) is 5.91 Å². The SMILES string of the molecule is [2H]C1([2H])c2c(N)cccc2C(=O)N1[C@@]1([2H])C(=O)NC(=O)C([2H])([2H])C1([2H])[2H]. The lowest BCUT2D eigenvalue weighted by atomic mass is 10.0. The van der Waals surface area contributed by atoms with Crippen molar-refractivity contribution in [2.75, 3.05) is 5.73 Å². The molecule has 3 rings (SSSR count). The number of amides is 3. The number of hydrogen-bond donors (Lipinski definition) is 2. The van der Waals surface area contributed by atoms with Crippen molar-refractivity contribution in [1.82, 2.24) is 10.2 Å². The van der Waals surface area contributed by atoms with Crippen LogP contribution in [0.2, 0.25) is 0 Å². The summed E-state index contributed by atoms with van der Waals surface area (Å²) in [5.41, 5.74) is 4.94. The lowest BCUT2D eigenvalue weighted by Crippen LogP contribution is -2.52. The van der Waals surface area contributed by atoms with E-state index in [4.69, 9.17) is 15.3 Å². The zero-order valence-electron chi connectivity index (χ0n) is 16.5. The fraction of sp³-hybridized carbons (Fsp3) is 0.308. The minimum atomic E-state index is -3.56. The molecule has 1 aromatic carbocycles. The first-order valence-electron chi connectivity index (χ1n) is 8.82. The molecule has 0 radical (unpaired) electrons. The molecule has 2 heterocycles. The van der Waals surface area contributed by atoms with Crippen LogP contribution in [0.25, 0.3) is 0 Å². The molecule has 2 aliphatic rings. The van der Waals surface area contributed by atoms with Crippen molar-refractivity contribution in [2.45, 2.75) is 25.3 Å². The van der Waals surface area contributed by atoms with E-state index in [9.17, 15) is 14.4 Å². The van der Waals surface area contributed by atoms with Crippen LogP contribution in [0.15, 0.2) is 18.2 Å². The Kier molecular flexibility index (Phi) is 1.33. The first kappa shape index (κ1) is 6.18. The molecule has 2 aliphatic heterocycles. The number of carbonyl (C=O) groups excluding carboxylic acids is 3. The van der Waals surface area contributed by atoms with Crippen molar-refractivity contribution in [3.05, 3.63) is 29.3 Å². The second-order valence-electron chi connectivity index (χ2n) is 3.90. The van der Waals surface area contributed by atoms with E-state index in [1.807, 2.05) is 0 Å². The van der Waals surface area contributed by atoms with Crippen molar-refractivity contribution < 1.29 is 24.0 Å². The van der Waals surface area contributed by atoms with Crippen LogP contribution in [0, 0.1) is 0 Å². The van der Waals surface area contributed by atoms with Gasteiger partial charge in [0.15, 0.2) is 0 Å². The van der Waals surface area contributed by atoms with Crippen LogP contribution in [0.1, 0.15) is 38.3 Å². The molecule has 1 fully saturated rings. The van der Waals surface area contributed by atoms with Crippen LogP contribution in [0.4, 0.5) is 5.69 Å². The molecule has 1 atom stereocenters. The lowest BCUT2D eigenvalue weighted by molar-refractivity contribution is -0.136. The van der Waals surface area contributed by atoms with Gasteiger partial charge in [0.2, 0.25) is 11.8 Å². The van der Waals surface area contributed by atoms with E-state index in [1.165, 1.54) is 23.5 Å². The number of nitrogens with two attached hydrogens (primary N) is 1. The topological polar surface area (TPSA) is 92.5 Å². The van der Waals surface area contributed by atoms with E-state index >= 15 is 0 Å². The van der Waals surface area contributed by atoms with Gasteiger partial charge in [-0.15, -0.1) is 0 Å². The van der Waals surface area contributed by atoms with Crippen molar-refractivity contribution in [3.8, 4) is 0 Å². The molecule has 6 nitrogen and oxygen atoms in total. The number of rotatable bonds is 1. The fourth-order valence-electron chi connectivity index (χ4n) is 1.84. The molecule has 1 aromatic rings. The maximum atomic E-state index is 12.8. The van der Waals surface area contributed by atoms with Crippen molar-refractivity contribution in [2.24, 2.45) is 0 Å². The van der Waals surface area contributed by atoms with Gasteiger partial charge in [-0.2, -0.15) is 0 Å². The summed E-state index contributed by atoms with van der Waals surface area (Å²) in [6.45, 7) is -2.89. The van der Waals surface area contributed by atoms with Crippen LogP contribution in [0.5, 0.6) is 0 Å². The summed E-state index contributed by atoms with van der Waals surface area (Å²) in [4.78, 5) is 36.8. The quantitative estimate of drug-likeness (QED) is 0.554. The highest BCUT2D eigenvalue weighted by atomic mass is 16.2. The third-order valence-electron chi connectivity index (χ3n) is 2.71. The summed E-state index contributed by atoms with van der Waals surface area (Å²) in [6.07, 6.45) is -6.93. The van der Waals surface area contributed by atoms with Crippen molar-refractivity contribution in [1.29, 1.82) is 0 Å². The molecular weight excluding hydrogens is 246 g/mol. The van der Waals surface area contributed by atoms with Gasteiger partial charge in [-0.25, -0.2) is 0 Å². The van der Waals surface area contributed by atoms with E-state index in [-0.39, 0.29) is 21.7 Å². The lowest BCUT2D eigenvalue weighted by Gasteiger charge is -2.29. The van der Waals surface area contributed by atoms with E-state index in [2.05, 4.69) is 0 Å². The van der Waals surface area contributed by atoms with Gasteiger partial charge in [-0.3, -0.25) is 19.7 Å². The second kappa shape index (κ2) is 4.08. The Bertz CT molecular complexity index is 873. The maximum absolute atomic E-state index is 12.8. The van der Waals surface area contributed by atoms with Gasteiger partial charge >= 0.3 is 0 Å². The zero-order valence-corrected chi connectivity index (χ0v) is 9.48. The molecule has 0 bridgehead atoms. The average molecular weight is 266 g/mol. The number of benzene rings is 1. The molecule has 0 unspecified atom stereocenters. The average Bonchev–Trinajstić information content (AvgIpc) is 2.72. The summed E-state index contributed by atoms with van der Waals surface area (Å²) in [6, 6.07) is 0.435. The van der Waals surface area contributed by atoms with Gasteiger partial charge in [0, 0.05) is 35.2 Å². The number of anilines is 1. The van der Waals surface area contributed by atoms with Gasteiger partial charge < -0.3 is 10.6 Å². The molecule has 1 saturated heterocycles. The standard InChI is InChI=1S/C13H13N3O3/c14-9-3-1-2-7-8(9)6-16(13(7)19)10-4-5-11(17)15-12(10)18/h1-3,10H,4-6,14H2,(H,15,17,18)/t10-/m1/s1/i4D2,5D2,6D2,10D. The van der Waals surface area contributed by atoms with Crippen LogP contribution in [0.3, 0.4) is 0 Å². The van der Waals surface area contributed by atoms with Gasteiger partial charge in [-0.05, 0) is 18.5 Å². The Hall–Kier alpha value is -2.37. The normalized spacial score (nSPS) is 39.7. The van der Waals surface area contributed by atoms with E-state index in [1.54, 1.807) is 0 Å². The van der Waals surface area contributed by atoms with Crippen LogP contribution in [-0.4, -0.2) is 28.6 Å². The molecule has 3 N–H and O–H groups in total. The Morgan fingerprint density at radius 3 is 2.95 bits per heavy atom. The highest BCUT2D eigenvalue weighted by Crippen LogP contribution is 2.30. The number of carbonyl (C=O) groups is 3. The first-order chi connectivity index (χ1) is 11.7. The molecule has 6 heteroatoms. The van der Waals surface area contributed by atoms with Gasteiger partial charge in [-0.1, -0.05) is 6.07 Å². The van der Waals surface area contributed by atoms with Crippen LogP contribution >= 0.6 is 0 Å². The Morgan fingerprint density at radius 1 is 1.42 bits per heavy atom. The molecule has 3 amide bonds. The predicted molar refractivity (Wildman–Crippen MR) is 66.9 cm³/mol. The molecule has 0 aromatic heterocycles. The van der Waals surface area contributed by atoms with Gasteiger partial charge in [0.1, 0.15) is 6.02 Å². The third kappa shape index (κ3) is 1.76. The van der Waals surface area contributed by atoms with Crippen LogP contribution in [-0.2, 0) is 16.1 Å². The molecular formula is C13H13N3O3. The maximum Gasteiger partial charge on any atom is 0.255 e. The first-order valence-corrected chi connectivity index (χ1v) is 5.32. The largest absolute Gasteiger partial charge is 0.398 e. The molecule has 19 heavy (non-hydrogen) atoms. The predicted octanol–water partition coefficient (Wildman–Crippen LogP) is 0.0298. The van der Waals surface area contributed by atoms with E-state index < -0.39 is 43.0 Å². The number of piperidine rings is 1.